The number of carbonyl (C=O) groups excluding carboxylic acids is 1. The Kier molecular flexibility index (Phi) is 6.57. The Morgan fingerprint density at radius 2 is 2.04 bits per heavy atom. The molecule has 28 heavy (non-hydrogen) atoms. The second-order valence-corrected chi connectivity index (χ2v) is 7.43. The Bertz CT molecular complexity index is 828. The fourth-order valence-electron chi connectivity index (χ4n) is 4.26. The predicted octanol–water partition coefficient (Wildman–Crippen LogP) is 4.50. The van der Waals surface area contributed by atoms with Crippen molar-refractivity contribution in [1.82, 2.24) is 4.90 Å². The molecule has 4 rings (SSSR count). The highest BCUT2D eigenvalue weighted by atomic mass is 35.5. The van der Waals surface area contributed by atoms with Crippen molar-refractivity contribution in [1.29, 1.82) is 0 Å². The first-order chi connectivity index (χ1) is 13.1. The summed E-state index contributed by atoms with van der Waals surface area (Å²) in [6, 6.07) is 12.6. The molecule has 2 atom stereocenters. The number of hydrogen-bond acceptors (Lipinski definition) is 4. The molecular formula is C22H26ClFN2O2. The van der Waals surface area contributed by atoms with Crippen molar-refractivity contribution < 1.29 is 13.9 Å². The van der Waals surface area contributed by atoms with Crippen LogP contribution < -0.4 is 10.1 Å². The average molecular weight is 405 g/mol. The van der Waals surface area contributed by atoms with Crippen LogP contribution in [0.3, 0.4) is 0 Å². The number of ether oxygens (including phenoxy) is 1. The zero-order valence-electron chi connectivity index (χ0n) is 16.0. The van der Waals surface area contributed by atoms with Crippen molar-refractivity contribution in [2.45, 2.75) is 31.2 Å². The first kappa shape index (κ1) is 20.6. The van der Waals surface area contributed by atoms with Crippen LogP contribution >= 0.6 is 12.4 Å². The molecule has 150 valence electrons. The Balaban J connectivity index is 0.00000225. The van der Waals surface area contributed by atoms with Crippen LogP contribution in [0.2, 0.25) is 0 Å². The van der Waals surface area contributed by atoms with E-state index in [4.69, 9.17) is 4.74 Å². The van der Waals surface area contributed by atoms with Gasteiger partial charge in [0.1, 0.15) is 11.6 Å². The molecule has 0 radical (unpaired) electrons. The zero-order valence-corrected chi connectivity index (χ0v) is 16.8. The normalized spacial score (nSPS) is 20.5. The van der Waals surface area contributed by atoms with Gasteiger partial charge in [-0.2, -0.15) is 0 Å². The summed E-state index contributed by atoms with van der Waals surface area (Å²) in [4.78, 5) is 14.7. The molecule has 0 amide bonds. The van der Waals surface area contributed by atoms with Gasteiger partial charge in [0.2, 0.25) is 0 Å². The summed E-state index contributed by atoms with van der Waals surface area (Å²) in [6.07, 6.45) is 2.43. The maximum Gasteiger partial charge on any atom is 0.162 e. The lowest BCUT2D eigenvalue weighted by Crippen LogP contribution is -2.42. The number of likely N-dealkylation sites (tertiary alicyclic amines) is 1. The van der Waals surface area contributed by atoms with Crippen molar-refractivity contribution in [3.63, 3.8) is 0 Å². The third kappa shape index (κ3) is 4.31. The molecule has 0 bridgehead atoms. The van der Waals surface area contributed by atoms with E-state index in [0.717, 1.165) is 38.2 Å². The van der Waals surface area contributed by atoms with Crippen LogP contribution in [-0.2, 0) is 0 Å². The molecule has 0 aliphatic carbocycles. The Hall–Kier alpha value is -2.11. The monoisotopic (exact) mass is 404 g/mol. The highest BCUT2D eigenvalue weighted by Crippen LogP contribution is 2.41. The number of nitrogens with zero attached hydrogens (tertiary/aromatic N) is 1. The largest absolute Gasteiger partial charge is 0.497 e. The molecule has 2 aliphatic heterocycles. The van der Waals surface area contributed by atoms with Crippen molar-refractivity contribution in [2.24, 2.45) is 0 Å². The summed E-state index contributed by atoms with van der Waals surface area (Å²) in [5, 5.41) is 3.64. The van der Waals surface area contributed by atoms with Gasteiger partial charge in [0.05, 0.1) is 7.11 Å². The molecule has 0 aromatic heterocycles. The van der Waals surface area contributed by atoms with Gasteiger partial charge in [-0.1, -0.05) is 0 Å². The van der Waals surface area contributed by atoms with Gasteiger partial charge in [-0.3, -0.25) is 4.79 Å². The number of benzene rings is 2. The summed E-state index contributed by atoms with van der Waals surface area (Å²) in [5.41, 5.74) is 3.15. The first-order valence-electron chi connectivity index (χ1n) is 9.59. The summed E-state index contributed by atoms with van der Waals surface area (Å²) >= 11 is 0. The lowest BCUT2D eigenvalue weighted by molar-refractivity contribution is 0.0971. The van der Waals surface area contributed by atoms with Gasteiger partial charge in [0.25, 0.3) is 0 Å². The van der Waals surface area contributed by atoms with Crippen LogP contribution in [-0.4, -0.2) is 43.5 Å². The topological polar surface area (TPSA) is 41.6 Å². The number of methoxy groups -OCH3 is 1. The van der Waals surface area contributed by atoms with Crippen molar-refractivity contribution >= 4 is 23.9 Å². The van der Waals surface area contributed by atoms with Crippen LogP contribution in [0.15, 0.2) is 42.5 Å². The predicted molar refractivity (Wildman–Crippen MR) is 111 cm³/mol. The van der Waals surface area contributed by atoms with E-state index in [9.17, 15) is 9.18 Å². The van der Waals surface area contributed by atoms with Crippen molar-refractivity contribution in [3.05, 3.63) is 59.4 Å². The molecule has 2 aromatic rings. The molecular weight excluding hydrogens is 379 g/mol. The summed E-state index contributed by atoms with van der Waals surface area (Å²) in [6.45, 7) is 2.96. The Labute approximate surface area is 171 Å². The average Bonchev–Trinajstić information content (AvgIpc) is 3.05. The molecule has 6 heteroatoms. The quantitative estimate of drug-likeness (QED) is 0.719. The molecule has 1 N–H and O–H groups in total. The van der Waals surface area contributed by atoms with Crippen LogP contribution in [0.4, 0.5) is 10.1 Å². The van der Waals surface area contributed by atoms with Gasteiger partial charge in [-0.05, 0) is 67.4 Å². The second-order valence-electron chi connectivity index (χ2n) is 7.43. The third-order valence-electron chi connectivity index (χ3n) is 5.74. The number of fused-ring (bicyclic) bond motifs is 3. The number of nitrogens with one attached hydrogen (secondary N) is 1. The number of ketones is 1. The SMILES string of the molecule is COc1ccc2c(c1)[C@H]1CN(CCCC(=O)c3ccc(F)cc3)CC[C@H]1N2.Cl. The Morgan fingerprint density at radius 3 is 2.79 bits per heavy atom. The number of anilines is 1. The number of carbonyl (C=O) groups is 1. The van der Waals surface area contributed by atoms with Gasteiger partial charge in [-0.25, -0.2) is 4.39 Å². The molecule has 2 aromatic carbocycles. The minimum absolute atomic E-state index is 0. The number of piperidine rings is 1. The van der Waals surface area contributed by atoms with E-state index >= 15 is 0 Å². The minimum atomic E-state index is -0.309. The lowest BCUT2D eigenvalue weighted by Gasteiger charge is -2.35. The highest BCUT2D eigenvalue weighted by molar-refractivity contribution is 5.95. The molecule has 0 saturated carbocycles. The van der Waals surface area contributed by atoms with Gasteiger partial charge in [0, 0.05) is 42.7 Å². The van der Waals surface area contributed by atoms with Gasteiger partial charge in [-0.15, -0.1) is 12.4 Å². The van der Waals surface area contributed by atoms with Crippen LogP contribution in [0.1, 0.15) is 41.1 Å². The van der Waals surface area contributed by atoms with Crippen LogP contribution in [0.25, 0.3) is 0 Å². The number of rotatable bonds is 6. The lowest BCUT2D eigenvalue weighted by atomic mass is 9.89. The van der Waals surface area contributed by atoms with Crippen LogP contribution in [0, 0.1) is 5.82 Å². The molecule has 0 spiro atoms. The molecule has 2 heterocycles. The summed E-state index contributed by atoms with van der Waals surface area (Å²) in [7, 11) is 1.70. The van der Waals surface area contributed by atoms with Gasteiger partial charge < -0.3 is 15.0 Å². The van der Waals surface area contributed by atoms with Crippen molar-refractivity contribution in [2.75, 3.05) is 32.1 Å². The van der Waals surface area contributed by atoms with Gasteiger partial charge >= 0.3 is 0 Å². The number of Topliss-reactive ketones (excluding diaryl/α,β-unsaturated/α-hetero) is 1. The third-order valence-corrected chi connectivity index (χ3v) is 5.74. The maximum atomic E-state index is 13.0. The summed E-state index contributed by atoms with van der Waals surface area (Å²) < 4.78 is 18.4. The number of hydrogen-bond donors (Lipinski definition) is 1. The standard InChI is InChI=1S/C22H25FN2O2.ClH/c1-27-17-8-9-20-18(13-17)19-14-25(12-10-21(19)24-20)11-2-3-22(26)15-4-6-16(23)7-5-15;/h4-9,13,19,21,24H,2-3,10-12,14H2,1H3;1H/t19-,21-;/m1./s1. The highest BCUT2D eigenvalue weighted by Gasteiger charge is 2.36. The van der Waals surface area contributed by atoms with Gasteiger partial charge in [0.15, 0.2) is 5.78 Å². The zero-order chi connectivity index (χ0) is 18.8. The van der Waals surface area contributed by atoms with E-state index in [2.05, 4.69) is 22.3 Å². The Morgan fingerprint density at radius 1 is 1.25 bits per heavy atom. The fraction of sp³-hybridized carbons (Fsp3) is 0.409. The van der Waals surface area contributed by atoms with E-state index in [1.807, 2.05) is 6.07 Å². The molecule has 4 nitrogen and oxygen atoms in total. The van der Waals surface area contributed by atoms with Crippen LogP contribution in [0.5, 0.6) is 5.75 Å². The smallest absolute Gasteiger partial charge is 0.162 e. The molecule has 1 fully saturated rings. The number of halogens is 2. The maximum absolute atomic E-state index is 13.0. The molecule has 1 saturated heterocycles. The van der Waals surface area contributed by atoms with E-state index in [0.29, 0.717) is 23.9 Å². The first-order valence-corrected chi connectivity index (χ1v) is 9.59. The minimum Gasteiger partial charge on any atom is -0.497 e. The second kappa shape index (κ2) is 8.93. The van der Waals surface area contributed by atoms with E-state index in [1.54, 1.807) is 19.2 Å². The molecule has 0 unspecified atom stereocenters. The van der Waals surface area contributed by atoms with Crippen molar-refractivity contribution in [3.8, 4) is 5.75 Å². The fourth-order valence-corrected chi connectivity index (χ4v) is 4.26. The molecule has 2 aliphatic rings. The van der Waals surface area contributed by atoms with E-state index < -0.39 is 0 Å². The summed E-state index contributed by atoms with van der Waals surface area (Å²) in [5.74, 6) is 1.15. The van der Waals surface area contributed by atoms with E-state index in [-0.39, 0.29) is 24.0 Å². The van der Waals surface area contributed by atoms with E-state index in [1.165, 1.54) is 23.4 Å².